The van der Waals surface area contributed by atoms with Crippen LogP contribution in [0.25, 0.3) is 11.4 Å². The zero-order chi connectivity index (χ0) is 12.4. The SMILES string of the molecule is CC(C)Cc1nc(-c2ccc(N)cc2)n(C)n1. The van der Waals surface area contributed by atoms with E-state index in [1.807, 2.05) is 36.0 Å². The first-order valence-corrected chi connectivity index (χ1v) is 5.82. The highest BCUT2D eigenvalue weighted by Crippen LogP contribution is 2.18. The second-order valence-corrected chi connectivity index (χ2v) is 4.70. The van der Waals surface area contributed by atoms with E-state index in [2.05, 4.69) is 23.9 Å². The molecule has 0 saturated heterocycles. The van der Waals surface area contributed by atoms with Gasteiger partial charge in [0.25, 0.3) is 0 Å². The lowest BCUT2D eigenvalue weighted by molar-refractivity contribution is 0.613. The molecule has 2 aromatic rings. The highest BCUT2D eigenvalue weighted by atomic mass is 15.3. The van der Waals surface area contributed by atoms with Gasteiger partial charge in [-0.05, 0) is 30.2 Å². The fourth-order valence-corrected chi connectivity index (χ4v) is 1.77. The third kappa shape index (κ3) is 2.64. The number of rotatable bonds is 3. The molecule has 0 fully saturated rings. The minimum atomic E-state index is 0.566. The van der Waals surface area contributed by atoms with Crippen LogP contribution >= 0.6 is 0 Å². The molecule has 1 heterocycles. The molecule has 1 aromatic carbocycles. The molecule has 0 saturated carbocycles. The van der Waals surface area contributed by atoms with Crippen LogP contribution in [0.5, 0.6) is 0 Å². The number of hydrogen-bond donors (Lipinski definition) is 1. The van der Waals surface area contributed by atoms with Gasteiger partial charge in [-0.1, -0.05) is 13.8 Å². The van der Waals surface area contributed by atoms with Gasteiger partial charge in [-0.3, -0.25) is 0 Å². The summed E-state index contributed by atoms with van der Waals surface area (Å²) in [4.78, 5) is 4.56. The Morgan fingerprint density at radius 2 is 1.88 bits per heavy atom. The molecule has 0 aliphatic rings. The molecule has 2 N–H and O–H groups in total. The van der Waals surface area contributed by atoms with Crippen molar-refractivity contribution in [1.82, 2.24) is 14.8 Å². The normalized spacial score (nSPS) is 11.1. The molecule has 4 nitrogen and oxygen atoms in total. The monoisotopic (exact) mass is 230 g/mol. The highest BCUT2D eigenvalue weighted by molar-refractivity contribution is 5.58. The van der Waals surface area contributed by atoms with Crippen LogP contribution in [-0.4, -0.2) is 14.8 Å². The van der Waals surface area contributed by atoms with Gasteiger partial charge >= 0.3 is 0 Å². The number of nitrogen functional groups attached to an aromatic ring is 1. The Kier molecular flexibility index (Phi) is 3.13. The van der Waals surface area contributed by atoms with Crippen molar-refractivity contribution in [2.45, 2.75) is 20.3 Å². The Labute approximate surface area is 101 Å². The van der Waals surface area contributed by atoms with Crippen molar-refractivity contribution in [2.24, 2.45) is 13.0 Å². The van der Waals surface area contributed by atoms with Crippen LogP contribution in [0.2, 0.25) is 0 Å². The summed E-state index contributed by atoms with van der Waals surface area (Å²) in [6.07, 6.45) is 0.906. The van der Waals surface area contributed by atoms with E-state index in [9.17, 15) is 0 Å². The molecule has 0 aliphatic heterocycles. The van der Waals surface area contributed by atoms with Gasteiger partial charge < -0.3 is 5.73 Å². The smallest absolute Gasteiger partial charge is 0.158 e. The lowest BCUT2D eigenvalue weighted by atomic mass is 10.1. The molecule has 90 valence electrons. The first-order chi connectivity index (χ1) is 8.06. The Hall–Kier alpha value is -1.84. The molecular formula is C13H18N4. The second-order valence-electron chi connectivity index (χ2n) is 4.70. The lowest BCUT2D eigenvalue weighted by Crippen LogP contribution is -1.97. The molecule has 1 aromatic heterocycles. The van der Waals surface area contributed by atoms with E-state index in [1.165, 1.54) is 0 Å². The predicted octanol–water partition coefficient (Wildman–Crippen LogP) is 2.26. The van der Waals surface area contributed by atoms with Crippen molar-refractivity contribution in [3.63, 3.8) is 0 Å². The quantitative estimate of drug-likeness (QED) is 0.823. The Bertz CT molecular complexity index is 497. The van der Waals surface area contributed by atoms with Crippen LogP contribution in [0.15, 0.2) is 24.3 Å². The van der Waals surface area contributed by atoms with E-state index < -0.39 is 0 Å². The average Bonchev–Trinajstić information content (AvgIpc) is 2.59. The van der Waals surface area contributed by atoms with Crippen LogP contribution in [-0.2, 0) is 13.5 Å². The number of nitrogens with two attached hydrogens (primary N) is 1. The minimum absolute atomic E-state index is 0.566. The molecule has 17 heavy (non-hydrogen) atoms. The van der Waals surface area contributed by atoms with E-state index >= 15 is 0 Å². The van der Waals surface area contributed by atoms with Crippen LogP contribution in [0.3, 0.4) is 0 Å². The van der Waals surface area contributed by atoms with Gasteiger partial charge in [0, 0.05) is 24.7 Å². The average molecular weight is 230 g/mol. The molecule has 0 atom stereocenters. The van der Waals surface area contributed by atoms with E-state index in [0.29, 0.717) is 5.92 Å². The molecule has 0 aliphatic carbocycles. The number of aromatic nitrogens is 3. The Morgan fingerprint density at radius 3 is 2.47 bits per heavy atom. The first-order valence-electron chi connectivity index (χ1n) is 5.82. The maximum Gasteiger partial charge on any atom is 0.158 e. The Morgan fingerprint density at radius 1 is 1.24 bits per heavy atom. The van der Waals surface area contributed by atoms with Crippen molar-refractivity contribution < 1.29 is 0 Å². The summed E-state index contributed by atoms with van der Waals surface area (Å²) in [5.74, 6) is 2.35. The standard InChI is InChI=1S/C13H18N4/c1-9(2)8-12-15-13(17(3)16-12)10-4-6-11(14)7-5-10/h4-7,9H,8,14H2,1-3H3. The maximum atomic E-state index is 5.67. The largest absolute Gasteiger partial charge is 0.399 e. The molecule has 2 rings (SSSR count). The first kappa shape index (κ1) is 11.6. The number of nitrogens with zero attached hydrogens (tertiary/aromatic N) is 3. The van der Waals surface area contributed by atoms with Crippen LogP contribution in [0.1, 0.15) is 19.7 Å². The van der Waals surface area contributed by atoms with Gasteiger partial charge in [-0.15, -0.1) is 0 Å². The summed E-state index contributed by atoms with van der Waals surface area (Å²) in [5, 5.41) is 4.42. The number of benzene rings is 1. The number of hydrogen-bond acceptors (Lipinski definition) is 3. The van der Waals surface area contributed by atoms with Crippen molar-refractivity contribution in [1.29, 1.82) is 0 Å². The number of aryl methyl sites for hydroxylation is 1. The highest BCUT2D eigenvalue weighted by Gasteiger charge is 2.10. The van der Waals surface area contributed by atoms with E-state index in [-0.39, 0.29) is 0 Å². The topological polar surface area (TPSA) is 56.7 Å². The van der Waals surface area contributed by atoms with Gasteiger partial charge in [0.1, 0.15) is 0 Å². The molecule has 0 radical (unpaired) electrons. The van der Waals surface area contributed by atoms with Gasteiger partial charge in [-0.2, -0.15) is 5.10 Å². The zero-order valence-electron chi connectivity index (χ0n) is 10.5. The van der Waals surface area contributed by atoms with Crippen LogP contribution in [0, 0.1) is 5.92 Å². The summed E-state index contributed by atoms with van der Waals surface area (Å²) in [7, 11) is 1.92. The third-order valence-corrected chi connectivity index (χ3v) is 2.57. The van der Waals surface area contributed by atoms with Crippen LogP contribution in [0.4, 0.5) is 5.69 Å². The predicted molar refractivity (Wildman–Crippen MR) is 69.4 cm³/mol. The van der Waals surface area contributed by atoms with E-state index in [1.54, 1.807) is 0 Å². The lowest BCUT2D eigenvalue weighted by Gasteiger charge is -1.99. The number of anilines is 1. The summed E-state index contributed by atoms with van der Waals surface area (Å²) in [6, 6.07) is 7.70. The molecule has 0 amide bonds. The van der Waals surface area contributed by atoms with Crippen molar-refractivity contribution in [3.05, 3.63) is 30.1 Å². The van der Waals surface area contributed by atoms with Crippen molar-refractivity contribution in [3.8, 4) is 11.4 Å². The van der Waals surface area contributed by atoms with Gasteiger partial charge in [0.2, 0.25) is 0 Å². The zero-order valence-corrected chi connectivity index (χ0v) is 10.5. The molecule has 4 heteroatoms. The molecule has 0 unspecified atom stereocenters. The molecular weight excluding hydrogens is 212 g/mol. The summed E-state index contributed by atoms with van der Waals surface area (Å²) in [5.41, 5.74) is 7.48. The third-order valence-electron chi connectivity index (χ3n) is 2.57. The summed E-state index contributed by atoms with van der Waals surface area (Å²) in [6.45, 7) is 4.33. The summed E-state index contributed by atoms with van der Waals surface area (Å²) >= 11 is 0. The fourth-order valence-electron chi connectivity index (χ4n) is 1.77. The minimum Gasteiger partial charge on any atom is -0.399 e. The fraction of sp³-hybridized carbons (Fsp3) is 0.385. The van der Waals surface area contributed by atoms with Crippen molar-refractivity contribution >= 4 is 5.69 Å². The van der Waals surface area contributed by atoms with Crippen molar-refractivity contribution in [2.75, 3.05) is 5.73 Å². The van der Waals surface area contributed by atoms with Crippen LogP contribution < -0.4 is 5.73 Å². The van der Waals surface area contributed by atoms with Gasteiger partial charge in [-0.25, -0.2) is 9.67 Å². The van der Waals surface area contributed by atoms with E-state index in [0.717, 1.165) is 29.3 Å². The molecule has 0 spiro atoms. The van der Waals surface area contributed by atoms with Gasteiger partial charge in [0.15, 0.2) is 11.6 Å². The van der Waals surface area contributed by atoms with E-state index in [4.69, 9.17) is 5.73 Å². The molecule has 0 bridgehead atoms. The Balaban J connectivity index is 2.32. The summed E-state index contributed by atoms with van der Waals surface area (Å²) < 4.78 is 1.82. The van der Waals surface area contributed by atoms with Gasteiger partial charge in [0.05, 0.1) is 0 Å². The maximum absolute atomic E-state index is 5.67. The second kappa shape index (κ2) is 4.57.